The van der Waals surface area contributed by atoms with Gasteiger partial charge in [-0.15, -0.1) is 0 Å². The monoisotopic (exact) mass is 678 g/mol. The third-order valence-electron chi connectivity index (χ3n) is 8.76. The molecule has 0 spiro atoms. The third-order valence-corrected chi connectivity index (χ3v) is 11.4. The Bertz CT molecular complexity index is 1950. The van der Waals surface area contributed by atoms with Crippen LogP contribution in [0.4, 0.5) is 16.3 Å². The quantitative estimate of drug-likeness (QED) is 0.165. The summed E-state index contributed by atoms with van der Waals surface area (Å²) in [5.74, 6) is -1.15. The number of carboxylic acid groups (broad SMARTS) is 1. The SMILES string of the molecule is COc1ccc(S(=O)(=O)[N+]2(C(=O)[O-])CC(Cl)N(c3ccccn3)C(c3ccccc3OC)C2C2C(=O)Nc3ccccc32)c(OC)c1. The highest BCUT2D eigenvalue weighted by Gasteiger charge is 2.67. The Hall–Kier alpha value is -4.85. The lowest BCUT2D eigenvalue weighted by atomic mass is 9.81. The summed E-state index contributed by atoms with van der Waals surface area (Å²) in [6.45, 7) is -0.736. The highest BCUT2D eigenvalue weighted by Crippen LogP contribution is 2.54. The number of amides is 2. The number of rotatable bonds is 8. The normalized spacial score (nSPS) is 23.8. The second-order valence-electron chi connectivity index (χ2n) is 11.0. The fourth-order valence-corrected chi connectivity index (χ4v) is 9.35. The first-order chi connectivity index (χ1) is 22.6. The van der Waals surface area contributed by atoms with Gasteiger partial charge in [0, 0.05) is 23.5 Å². The van der Waals surface area contributed by atoms with Crippen molar-refractivity contribution in [1.29, 1.82) is 0 Å². The van der Waals surface area contributed by atoms with Gasteiger partial charge in [-0.1, -0.05) is 54.1 Å². The van der Waals surface area contributed by atoms with E-state index >= 15 is 8.42 Å². The van der Waals surface area contributed by atoms with Crippen LogP contribution < -0.4 is 29.5 Å². The molecule has 2 aliphatic heterocycles. The van der Waals surface area contributed by atoms with E-state index in [9.17, 15) is 14.7 Å². The van der Waals surface area contributed by atoms with Crippen LogP contribution in [0.3, 0.4) is 0 Å². The fourth-order valence-electron chi connectivity index (χ4n) is 6.75. The van der Waals surface area contributed by atoms with Crippen LogP contribution in [0.15, 0.2) is 96.0 Å². The van der Waals surface area contributed by atoms with Crippen molar-refractivity contribution in [3.8, 4) is 17.2 Å². The van der Waals surface area contributed by atoms with Crippen LogP contribution in [0.2, 0.25) is 0 Å². The average molecular weight is 679 g/mol. The molecule has 14 heteroatoms. The van der Waals surface area contributed by atoms with Gasteiger partial charge in [-0.2, -0.15) is 12.3 Å². The number of ether oxygens (including phenoxy) is 3. The molecule has 2 amide bonds. The van der Waals surface area contributed by atoms with Crippen molar-refractivity contribution in [3.63, 3.8) is 0 Å². The summed E-state index contributed by atoms with van der Waals surface area (Å²) in [5.41, 5.74) is -0.0758. The van der Waals surface area contributed by atoms with Crippen molar-refractivity contribution < 1.29 is 41.2 Å². The zero-order valence-electron chi connectivity index (χ0n) is 25.6. The molecule has 244 valence electrons. The lowest BCUT2D eigenvalue weighted by Gasteiger charge is -2.55. The van der Waals surface area contributed by atoms with Gasteiger partial charge in [0.25, 0.3) is 6.09 Å². The molecule has 4 aromatic rings. The Morgan fingerprint density at radius 3 is 2.28 bits per heavy atom. The molecule has 5 atom stereocenters. The van der Waals surface area contributed by atoms with Crippen molar-refractivity contribution in [2.45, 2.75) is 28.4 Å². The standard InChI is InChI=1S/C33H31ClN4O8S/c1-44-20-15-16-26(25(18-20)46-3)47(42,43)38(33(40)41)19-27(34)37(28-14-8-9-17-35-28)30(22-11-5-7-13-24(22)45-2)31(38)29-21-10-4-6-12-23(21)36-32(29)39/h4-18,27,29-31H,19H2,1-3H3,(H-,36,39,40,41). The minimum Gasteiger partial charge on any atom is -0.497 e. The van der Waals surface area contributed by atoms with E-state index in [-0.39, 0.29) is 11.5 Å². The first-order valence-electron chi connectivity index (χ1n) is 14.5. The smallest absolute Gasteiger partial charge is 0.337 e. The number of nitrogens with zero attached hydrogens (tertiary/aromatic N) is 3. The van der Waals surface area contributed by atoms with E-state index in [1.165, 1.54) is 39.5 Å². The largest absolute Gasteiger partial charge is 0.497 e. The number of piperazine rings is 1. The number of quaternary nitrogens is 1. The number of para-hydroxylation sites is 2. The Morgan fingerprint density at radius 2 is 1.62 bits per heavy atom. The summed E-state index contributed by atoms with van der Waals surface area (Å²) in [6, 6.07) is 19.7. The van der Waals surface area contributed by atoms with Crippen LogP contribution in [-0.4, -0.2) is 68.7 Å². The number of methoxy groups -OCH3 is 3. The Balaban J connectivity index is 1.74. The summed E-state index contributed by atoms with van der Waals surface area (Å²) < 4.78 is 45.1. The molecule has 6 rings (SSSR count). The van der Waals surface area contributed by atoms with E-state index in [0.29, 0.717) is 28.4 Å². The lowest BCUT2D eigenvalue weighted by molar-refractivity contribution is -0.792. The van der Waals surface area contributed by atoms with Gasteiger partial charge in [-0.25, -0.2) is 4.98 Å². The minimum atomic E-state index is -5.06. The number of pyridine rings is 1. The molecule has 0 aliphatic carbocycles. The van der Waals surface area contributed by atoms with E-state index in [2.05, 4.69) is 10.3 Å². The second-order valence-corrected chi connectivity index (χ2v) is 13.5. The molecule has 0 radical (unpaired) electrons. The summed E-state index contributed by atoms with van der Waals surface area (Å²) >= 11 is 7.13. The van der Waals surface area contributed by atoms with E-state index in [1.54, 1.807) is 77.8 Å². The molecule has 1 fully saturated rings. The maximum Gasteiger partial charge on any atom is 0.337 e. The maximum absolute atomic E-state index is 15.2. The van der Waals surface area contributed by atoms with E-state index in [4.69, 9.17) is 25.8 Å². The first-order valence-corrected chi connectivity index (χ1v) is 16.4. The lowest BCUT2D eigenvalue weighted by Crippen LogP contribution is -2.77. The molecule has 3 heterocycles. The minimum absolute atomic E-state index is 0.162. The van der Waals surface area contributed by atoms with Crippen molar-refractivity contribution in [2.75, 3.05) is 38.1 Å². The van der Waals surface area contributed by atoms with E-state index in [1.807, 2.05) is 0 Å². The number of anilines is 2. The molecular weight excluding hydrogens is 648 g/mol. The number of fused-ring (bicyclic) bond motifs is 1. The predicted molar refractivity (Wildman–Crippen MR) is 171 cm³/mol. The molecule has 12 nitrogen and oxygen atoms in total. The van der Waals surface area contributed by atoms with Gasteiger partial charge in [-0.3, -0.25) is 4.79 Å². The number of nitrogens with one attached hydrogen (secondary N) is 1. The van der Waals surface area contributed by atoms with Gasteiger partial charge in [0.2, 0.25) is 5.91 Å². The molecule has 5 unspecified atom stereocenters. The van der Waals surface area contributed by atoms with Crippen molar-refractivity contribution in [2.24, 2.45) is 0 Å². The Morgan fingerprint density at radius 1 is 0.936 bits per heavy atom. The fraction of sp³-hybridized carbons (Fsp3) is 0.242. The number of sulfonamides is 1. The maximum atomic E-state index is 15.2. The van der Waals surface area contributed by atoms with Crippen molar-refractivity contribution in [3.05, 3.63) is 102 Å². The number of alkyl halides is 1. The Kier molecular flexibility index (Phi) is 8.47. The topological polar surface area (TPSA) is 147 Å². The molecule has 1 saturated heterocycles. The zero-order valence-corrected chi connectivity index (χ0v) is 27.1. The molecule has 0 bridgehead atoms. The van der Waals surface area contributed by atoms with Gasteiger partial charge in [0.1, 0.15) is 41.6 Å². The van der Waals surface area contributed by atoms with Crippen LogP contribution in [0.1, 0.15) is 23.1 Å². The predicted octanol–water partition coefficient (Wildman–Crippen LogP) is 3.89. The number of carbonyl (C=O) groups is 2. The highest BCUT2D eigenvalue weighted by atomic mass is 35.5. The molecule has 3 aromatic carbocycles. The summed E-state index contributed by atoms with van der Waals surface area (Å²) in [7, 11) is -0.958. The molecule has 47 heavy (non-hydrogen) atoms. The van der Waals surface area contributed by atoms with Crippen LogP contribution in [0.5, 0.6) is 17.2 Å². The number of aromatic nitrogens is 1. The first kappa shape index (κ1) is 32.1. The summed E-state index contributed by atoms with van der Waals surface area (Å²) in [4.78, 5) is 33.7. The van der Waals surface area contributed by atoms with Gasteiger partial charge < -0.3 is 34.3 Å². The summed E-state index contributed by atoms with van der Waals surface area (Å²) in [5, 5.41) is 16.7. The van der Waals surface area contributed by atoms with Gasteiger partial charge >= 0.3 is 10.0 Å². The number of carbonyl (C=O) groups excluding carboxylic acids is 2. The third kappa shape index (κ3) is 5.01. The molecule has 1 N–H and O–H groups in total. The van der Waals surface area contributed by atoms with Gasteiger partial charge in [-0.05, 0) is 42.0 Å². The van der Waals surface area contributed by atoms with Crippen LogP contribution in [-0.2, 0) is 14.8 Å². The van der Waals surface area contributed by atoms with Crippen molar-refractivity contribution in [1.82, 2.24) is 4.98 Å². The van der Waals surface area contributed by atoms with Crippen LogP contribution in [0, 0.1) is 0 Å². The number of hydrogen-bond donors (Lipinski definition) is 1. The van der Waals surface area contributed by atoms with Gasteiger partial charge in [0.05, 0.1) is 21.3 Å². The Labute approximate surface area is 276 Å². The van der Waals surface area contributed by atoms with Crippen LogP contribution >= 0.6 is 11.6 Å². The molecule has 2 aliphatic rings. The molecule has 0 saturated carbocycles. The number of hydrogen-bond acceptors (Lipinski definition) is 10. The number of halogens is 1. The highest BCUT2D eigenvalue weighted by molar-refractivity contribution is 7.86. The van der Waals surface area contributed by atoms with Crippen molar-refractivity contribution >= 4 is 45.1 Å². The molecule has 1 aromatic heterocycles. The molecular formula is C33H31ClN4O8S. The van der Waals surface area contributed by atoms with Crippen LogP contribution in [0.25, 0.3) is 0 Å². The second kappa shape index (κ2) is 12.4. The van der Waals surface area contributed by atoms with E-state index in [0.717, 1.165) is 0 Å². The average Bonchev–Trinajstić information content (AvgIpc) is 3.42. The zero-order chi connectivity index (χ0) is 33.5. The number of benzene rings is 3. The van der Waals surface area contributed by atoms with E-state index < -0.39 is 60.9 Å². The van der Waals surface area contributed by atoms with Gasteiger partial charge in [0.15, 0.2) is 16.4 Å². The summed E-state index contributed by atoms with van der Waals surface area (Å²) in [6.07, 6.45) is -0.435.